The van der Waals surface area contributed by atoms with Gasteiger partial charge in [-0.1, -0.05) is 34.8 Å². The van der Waals surface area contributed by atoms with Crippen molar-refractivity contribution in [3.05, 3.63) is 26.5 Å². The molecular formula is C9H8Cl3NO2. The predicted molar refractivity (Wildman–Crippen MR) is 60.0 cm³/mol. The molecule has 6 heteroatoms. The summed E-state index contributed by atoms with van der Waals surface area (Å²) in [7, 11) is 0. The number of nitrogens with zero attached hydrogens (tertiary/aromatic N) is 1. The third-order valence-corrected chi connectivity index (χ3v) is 2.91. The average molecular weight is 269 g/mol. The van der Waals surface area contributed by atoms with Crippen LogP contribution in [-0.2, 0) is 4.74 Å². The van der Waals surface area contributed by atoms with E-state index in [1.165, 1.54) is 0 Å². The molecule has 0 spiro atoms. The first-order chi connectivity index (χ1) is 6.99. The van der Waals surface area contributed by atoms with E-state index in [-0.39, 0.29) is 27.4 Å². The molecule has 0 aromatic carbocycles. The van der Waals surface area contributed by atoms with E-state index in [4.69, 9.17) is 39.5 Å². The molecule has 0 aliphatic heterocycles. The molecule has 1 rings (SSSR count). The third-order valence-electron chi connectivity index (χ3n) is 1.70. The van der Waals surface area contributed by atoms with E-state index in [1.54, 1.807) is 13.8 Å². The number of aromatic nitrogens is 1. The van der Waals surface area contributed by atoms with Crippen LogP contribution in [0, 0.1) is 6.92 Å². The zero-order chi connectivity index (χ0) is 11.6. The van der Waals surface area contributed by atoms with Crippen molar-refractivity contribution in [3.8, 4) is 0 Å². The van der Waals surface area contributed by atoms with Gasteiger partial charge in [-0.25, -0.2) is 9.78 Å². The molecule has 0 radical (unpaired) electrons. The van der Waals surface area contributed by atoms with Crippen LogP contribution < -0.4 is 0 Å². The van der Waals surface area contributed by atoms with Gasteiger partial charge < -0.3 is 4.74 Å². The number of halogens is 3. The van der Waals surface area contributed by atoms with Crippen LogP contribution >= 0.6 is 34.8 Å². The molecule has 0 unspecified atom stereocenters. The Bertz CT molecular complexity index is 407. The number of hydrogen-bond donors (Lipinski definition) is 0. The lowest BCUT2D eigenvalue weighted by Crippen LogP contribution is -2.09. The van der Waals surface area contributed by atoms with Crippen molar-refractivity contribution < 1.29 is 9.53 Å². The summed E-state index contributed by atoms with van der Waals surface area (Å²) in [6.07, 6.45) is 0. The number of aryl methyl sites for hydroxylation is 1. The van der Waals surface area contributed by atoms with Crippen LogP contribution in [0.1, 0.15) is 23.0 Å². The highest BCUT2D eigenvalue weighted by molar-refractivity contribution is 6.48. The van der Waals surface area contributed by atoms with Crippen molar-refractivity contribution in [3.63, 3.8) is 0 Å². The maximum Gasteiger partial charge on any atom is 0.341 e. The van der Waals surface area contributed by atoms with E-state index in [2.05, 4.69) is 4.98 Å². The van der Waals surface area contributed by atoms with E-state index in [9.17, 15) is 4.79 Å². The molecule has 0 fully saturated rings. The molecule has 0 saturated heterocycles. The Morgan fingerprint density at radius 1 is 1.33 bits per heavy atom. The number of carbonyl (C=O) groups excluding carboxylic acids is 1. The van der Waals surface area contributed by atoms with Gasteiger partial charge in [0.25, 0.3) is 0 Å². The Morgan fingerprint density at radius 2 is 1.93 bits per heavy atom. The van der Waals surface area contributed by atoms with Crippen molar-refractivity contribution >= 4 is 40.8 Å². The van der Waals surface area contributed by atoms with Crippen molar-refractivity contribution in [1.29, 1.82) is 0 Å². The summed E-state index contributed by atoms with van der Waals surface area (Å²) in [4.78, 5) is 15.4. The van der Waals surface area contributed by atoms with Gasteiger partial charge >= 0.3 is 5.97 Å². The van der Waals surface area contributed by atoms with Gasteiger partial charge in [0.15, 0.2) is 0 Å². The molecule has 0 amide bonds. The van der Waals surface area contributed by atoms with Gasteiger partial charge in [0.1, 0.15) is 10.7 Å². The van der Waals surface area contributed by atoms with E-state index < -0.39 is 5.97 Å². The monoisotopic (exact) mass is 267 g/mol. The van der Waals surface area contributed by atoms with Crippen molar-refractivity contribution in [2.24, 2.45) is 0 Å². The van der Waals surface area contributed by atoms with Crippen LogP contribution in [0.15, 0.2) is 0 Å². The molecule has 1 heterocycles. The smallest absolute Gasteiger partial charge is 0.341 e. The van der Waals surface area contributed by atoms with Crippen LogP contribution in [0.2, 0.25) is 15.2 Å². The summed E-state index contributed by atoms with van der Waals surface area (Å²) in [6.45, 7) is 3.57. The fraction of sp³-hybridized carbons (Fsp3) is 0.333. The van der Waals surface area contributed by atoms with Gasteiger partial charge in [-0.3, -0.25) is 0 Å². The Labute approximate surface area is 102 Å². The minimum Gasteiger partial charge on any atom is -0.462 e. The molecule has 0 aliphatic carbocycles. The molecule has 1 aromatic rings. The zero-order valence-corrected chi connectivity index (χ0v) is 10.4. The number of carbonyl (C=O) groups is 1. The molecule has 1 aromatic heterocycles. The minimum absolute atomic E-state index is 0.0620. The lowest BCUT2D eigenvalue weighted by Gasteiger charge is -2.08. The quantitative estimate of drug-likeness (QED) is 0.608. The summed E-state index contributed by atoms with van der Waals surface area (Å²) in [5.74, 6) is -0.550. The van der Waals surface area contributed by atoms with Gasteiger partial charge in [0, 0.05) is 0 Å². The molecule has 15 heavy (non-hydrogen) atoms. The summed E-state index contributed by atoms with van der Waals surface area (Å²) in [5, 5.41) is 0.215. The molecule has 82 valence electrons. The standard InChI is InChI=1S/C9H8Cl3NO2/c1-3-15-9(14)5-4(2)13-8(12)7(11)6(5)10/h3H2,1-2H3. The van der Waals surface area contributed by atoms with E-state index in [1.807, 2.05) is 0 Å². The Morgan fingerprint density at radius 3 is 2.47 bits per heavy atom. The number of ether oxygens (including phenoxy) is 1. The number of pyridine rings is 1. The third kappa shape index (κ3) is 2.54. The molecular weight excluding hydrogens is 260 g/mol. The highest BCUT2D eigenvalue weighted by Gasteiger charge is 2.20. The van der Waals surface area contributed by atoms with Gasteiger partial charge in [0.2, 0.25) is 0 Å². The maximum absolute atomic E-state index is 11.5. The first-order valence-corrected chi connectivity index (χ1v) is 5.30. The zero-order valence-electron chi connectivity index (χ0n) is 8.10. The van der Waals surface area contributed by atoms with Crippen molar-refractivity contribution in [2.75, 3.05) is 6.61 Å². The van der Waals surface area contributed by atoms with Crippen LogP contribution in [-0.4, -0.2) is 17.6 Å². The predicted octanol–water partition coefficient (Wildman–Crippen LogP) is 3.53. The second-order valence-corrected chi connectivity index (χ2v) is 3.83. The maximum atomic E-state index is 11.5. The Balaban J connectivity index is 3.29. The first-order valence-electron chi connectivity index (χ1n) is 4.17. The highest BCUT2D eigenvalue weighted by atomic mass is 35.5. The summed E-state index contributed by atoms with van der Waals surface area (Å²) in [5.41, 5.74) is 0.556. The largest absolute Gasteiger partial charge is 0.462 e. The van der Waals surface area contributed by atoms with E-state index >= 15 is 0 Å². The molecule has 0 N–H and O–H groups in total. The summed E-state index contributed by atoms with van der Waals surface area (Å²) >= 11 is 17.3. The molecule has 3 nitrogen and oxygen atoms in total. The molecule has 0 bridgehead atoms. The van der Waals surface area contributed by atoms with Crippen LogP contribution in [0.25, 0.3) is 0 Å². The van der Waals surface area contributed by atoms with Crippen LogP contribution in [0.3, 0.4) is 0 Å². The number of rotatable bonds is 2. The lowest BCUT2D eigenvalue weighted by atomic mass is 10.2. The number of hydrogen-bond acceptors (Lipinski definition) is 3. The van der Waals surface area contributed by atoms with Gasteiger partial charge in [-0.2, -0.15) is 0 Å². The van der Waals surface area contributed by atoms with Crippen LogP contribution in [0.4, 0.5) is 0 Å². The number of esters is 1. The van der Waals surface area contributed by atoms with Crippen LogP contribution in [0.5, 0.6) is 0 Å². The fourth-order valence-corrected chi connectivity index (χ4v) is 1.76. The average Bonchev–Trinajstić information content (AvgIpc) is 2.15. The van der Waals surface area contributed by atoms with Gasteiger partial charge in [-0.05, 0) is 13.8 Å². The van der Waals surface area contributed by atoms with Gasteiger partial charge in [0.05, 0.1) is 22.3 Å². The van der Waals surface area contributed by atoms with E-state index in [0.717, 1.165) is 0 Å². The second kappa shape index (κ2) is 5.01. The lowest BCUT2D eigenvalue weighted by molar-refractivity contribution is 0.0525. The van der Waals surface area contributed by atoms with Crippen molar-refractivity contribution in [1.82, 2.24) is 4.98 Å². The van der Waals surface area contributed by atoms with Gasteiger partial charge in [-0.15, -0.1) is 0 Å². The fourth-order valence-electron chi connectivity index (χ4n) is 1.05. The Hall–Kier alpha value is -0.510. The highest BCUT2D eigenvalue weighted by Crippen LogP contribution is 2.33. The SMILES string of the molecule is CCOC(=O)c1c(C)nc(Cl)c(Cl)c1Cl. The summed E-state index contributed by atoms with van der Waals surface area (Å²) in [6, 6.07) is 0. The normalized spacial score (nSPS) is 10.2. The topological polar surface area (TPSA) is 39.2 Å². The molecule has 0 aliphatic rings. The minimum atomic E-state index is -0.550. The molecule has 0 saturated carbocycles. The van der Waals surface area contributed by atoms with E-state index in [0.29, 0.717) is 5.69 Å². The Kier molecular flexibility index (Phi) is 4.20. The summed E-state index contributed by atoms with van der Waals surface area (Å²) < 4.78 is 4.82. The first kappa shape index (κ1) is 12.6. The molecule has 0 atom stereocenters. The second-order valence-electron chi connectivity index (χ2n) is 2.71. The van der Waals surface area contributed by atoms with Crippen molar-refractivity contribution in [2.45, 2.75) is 13.8 Å².